The molecule has 0 amide bonds. The Morgan fingerprint density at radius 1 is 1.48 bits per heavy atom. The summed E-state index contributed by atoms with van der Waals surface area (Å²) in [4.78, 5) is 4.68. The molecule has 1 aromatic carbocycles. The highest BCUT2D eigenvalue weighted by Crippen LogP contribution is 2.27. The number of aliphatic hydroxyl groups excluding tert-OH is 1. The van der Waals surface area contributed by atoms with E-state index in [0.29, 0.717) is 21.8 Å². The fourth-order valence-electron chi connectivity index (χ4n) is 1.99. The molecule has 2 aromatic rings. The molecule has 0 saturated heterocycles. The van der Waals surface area contributed by atoms with Crippen molar-refractivity contribution in [3.8, 4) is 5.75 Å². The first-order valence-corrected chi connectivity index (χ1v) is 7.73. The van der Waals surface area contributed by atoms with E-state index in [2.05, 4.69) is 29.6 Å². The van der Waals surface area contributed by atoms with Crippen molar-refractivity contribution < 1.29 is 9.84 Å². The molecule has 0 fully saturated rings. The number of aromatic nitrogens is 3. The number of H-pyrrole nitrogens is 1. The van der Waals surface area contributed by atoms with Crippen molar-refractivity contribution >= 4 is 24.8 Å². The lowest BCUT2D eigenvalue weighted by Gasteiger charge is -2.25. The Labute approximate surface area is 134 Å². The van der Waals surface area contributed by atoms with E-state index in [4.69, 9.17) is 17.0 Å². The van der Waals surface area contributed by atoms with Gasteiger partial charge in [-0.2, -0.15) is 0 Å². The number of unbranched alkanes of at least 4 members (excludes halogenated alkanes) is 1. The van der Waals surface area contributed by atoms with Gasteiger partial charge in [-0.15, -0.1) is 12.6 Å². The van der Waals surface area contributed by atoms with E-state index in [9.17, 15) is 5.11 Å². The van der Waals surface area contributed by atoms with Gasteiger partial charge in [-0.05, 0) is 30.8 Å². The van der Waals surface area contributed by atoms with Crippen LogP contribution in [0.4, 0.5) is 0 Å². The standard InChI is InChI=1S/C14H19N3O2S2/c1-2-3-6-10(18)13(17-14(21)15-9-16-17)19-11-7-4-5-8-12(11)20/h4-5,7-10,13,18,20H,2-3,6H2,1H3,(H,15,16,21). The van der Waals surface area contributed by atoms with Crippen molar-refractivity contribution in [2.75, 3.05) is 0 Å². The second kappa shape index (κ2) is 7.63. The van der Waals surface area contributed by atoms with Crippen molar-refractivity contribution in [2.24, 2.45) is 0 Å². The van der Waals surface area contributed by atoms with Crippen molar-refractivity contribution in [2.45, 2.75) is 43.4 Å². The molecule has 0 aliphatic heterocycles. The van der Waals surface area contributed by atoms with Crippen LogP contribution < -0.4 is 4.74 Å². The van der Waals surface area contributed by atoms with E-state index >= 15 is 0 Å². The van der Waals surface area contributed by atoms with Crippen LogP contribution in [-0.2, 0) is 0 Å². The number of aliphatic hydroxyl groups is 1. The third-order valence-corrected chi connectivity index (χ3v) is 3.80. The third kappa shape index (κ3) is 4.09. The Balaban J connectivity index is 2.26. The van der Waals surface area contributed by atoms with E-state index in [-0.39, 0.29) is 0 Å². The molecule has 2 rings (SSSR count). The van der Waals surface area contributed by atoms with E-state index in [1.165, 1.54) is 6.33 Å². The van der Waals surface area contributed by atoms with Crippen molar-refractivity contribution in [3.05, 3.63) is 35.4 Å². The SMILES string of the molecule is CCCCC(O)C(Oc1ccccc1S)n1[nH]cnc1=S. The molecular formula is C14H19N3O2S2. The molecule has 0 aliphatic rings. The first-order chi connectivity index (χ1) is 10.1. The number of nitrogens with one attached hydrogen (secondary N) is 1. The molecule has 7 heteroatoms. The number of hydrogen-bond acceptors (Lipinski definition) is 5. The number of aromatic amines is 1. The maximum absolute atomic E-state index is 10.4. The summed E-state index contributed by atoms with van der Waals surface area (Å²) in [6, 6.07) is 7.37. The van der Waals surface area contributed by atoms with E-state index < -0.39 is 12.3 Å². The number of rotatable bonds is 7. The summed E-state index contributed by atoms with van der Waals surface area (Å²) in [6.07, 6.45) is 2.67. The van der Waals surface area contributed by atoms with Gasteiger partial charge in [0.2, 0.25) is 11.0 Å². The highest BCUT2D eigenvalue weighted by atomic mass is 32.1. The molecule has 114 valence electrons. The third-order valence-electron chi connectivity index (χ3n) is 3.13. The minimum atomic E-state index is -0.690. The molecule has 2 atom stereocenters. The number of benzene rings is 1. The molecule has 21 heavy (non-hydrogen) atoms. The number of nitrogens with zero attached hydrogens (tertiary/aromatic N) is 2. The molecule has 0 saturated carbocycles. The minimum absolute atomic E-state index is 0.340. The largest absolute Gasteiger partial charge is 0.465 e. The van der Waals surface area contributed by atoms with E-state index in [1.807, 2.05) is 24.3 Å². The Morgan fingerprint density at radius 3 is 2.86 bits per heavy atom. The van der Waals surface area contributed by atoms with Crippen LogP contribution in [0, 0.1) is 4.77 Å². The zero-order chi connectivity index (χ0) is 15.2. The molecule has 1 heterocycles. The lowest BCUT2D eigenvalue weighted by molar-refractivity contribution is -0.0249. The normalized spacial score (nSPS) is 13.9. The van der Waals surface area contributed by atoms with Gasteiger partial charge in [0.15, 0.2) is 0 Å². The first-order valence-electron chi connectivity index (χ1n) is 6.88. The maximum Gasteiger partial charge on any atom is 0.219 e. The summed E-state index contributed by atoms with van der Waals surface area (Å²) in [5, 5.41) is 13.3. The zero-order valence-electron chi connectivity index (χ0n) is 11.8. The van der Waals surface area contributed by atoms with Gasteiger partial charge in [-0.3, -0.25) is 5.10 Å². The van der Waals surface area contributed by atoms with Crippen LogP contribution in [0.25, 0.3) is 0 Å². The van der Waals surface area contributed by atoms with Gasteiger partial charge in [-0.25, -0.2) is 9.67 Å². The molecule has 0 aliphatic carbocycles. The molecule has 0 bridgehead atoms. The predicted molar refractivity (Wildman–Crippen MR) is 86.3 cm³/mol. The van der Waals surface area contributed by atoms with Crippen LogP contribution in [0.3, 0.4) is 0 Å². The summed E-state index contributed by atoms with van der Waals surface area (Å²) >= 11 is 9.52. The van der Waals surface area contributed by atoms with Crippen molar-refractivity contribution in [3.63, 3.8) is 0 Å². The van der Waals surface area contributed by atoms with Gasteiger partial charge in [0, 0.05) is 4.90 Å². The van der Waals surface area contributed by atoms with Crippen LogP contribution in [0.5, 0.6) is 5.75 Å². The van der Waals surface area contributed by atoms with Crippen LogP contribution in [-0.4, -0.2) is 26.0 Å². The van der Waals surface area contributed by atoms with E-state index in [1.54, 1.807) is 4.68 Å². The highest BCUT2D eigenvalue weighted by molar-refractivity contribution is 7.80. The molecule has 2 unspecified atom stereocenters. The molecule has 0 radical (unpaired) electrons. The number of ether oxygens (including phenoxy) is 1. The molecule has 2 N–H and O–H groups in total. The number of thiol groups is 1. The molecular weight excluding hydrogens is 306 g/mol. The Hall–Kier alpha value is -1.31. The molecule has 0 spiro atoms. The Kier molecular flexibility index (Phi) is 5.84. The van der Waals surface area contributed by atoms with E-state index in [0.717, 1.165) is 12.8 Å². The summed E-state index contributed by atoms with van der Waals surface area (Å²) in [5.74, 6) is 0.595. The van der Waals surface area contributed by atoms with Crippen LogP contribution in [0.15, 0.2) is 35.5 Å². The topological polar surface area (TPSA) is 63.1 Å². The molecule has 1 aromatic heterocycles. The average Bonchev–Trinajstić information content (AvgIpc) is 2.90. The lowest BCUT2D eigenvalue weighted by Crippen LogP contribution is -2.30. The lowest BCUT2D eigenvalue weighted by atomic mass is 10.1. The summed E-state index contributed by atoms with van der Waals surface area (Å²) in [5.41, 5.74) is 0. The van der Waals surface area contributed by atoms with Gasteiger partial charge in [0.25, 0.3) is 0 Å². The summed E-state index contributed by atoms with van der Waals surface area (Å²) in [6.45, 7) is 2.08. The summed E-state index contributed by atoms with van der Waals surface area (Å²) in [7, 11) is 0. The van der Waals surface area contributed by atoms with Gasteiger partial charge in [0.1, 0.15) is 18.2 Å². The monoisotopic (exact) mass is 325 g/mol. The smallest absolute Gasteiger partial charge is 0.219 e. The minimum Gasteiger partial charge on any atom is -0.465 e. The van der Waals surface area contributed by atoms with Crippen LogP contribution >= 0.6 is 24.8 Å². The highest BCUT2D eigenvalue weighted by Gasteiger charge is 2.24. The van der Waals surface area contributed by atoms with Crippen LogP contribution in [0.1, 0.15) is 32.4 Å². The second-order valence-corrected chi connectivity index (χ2v) is 5.57. The Bertz CT molecular complexity index is 626. The van der Waals surface area contributed by atoms with Crippen LogP contribution in [0.2, 0.25) is 0 Å². The van der Waals surface area contributed by atoms with Gasteiger partial charge in [0.05, 0.1) is 0 Å². The van der Waals surface area contributed by atoms with Gasteiger partial charge in [-0.1, -0.05) is 31.9 Å². The molecule has 5 nitrogen and oxygen atoms in total. The first kappa shape index (κ1) is 16.1. The number of hydrogen-bond donors (Lipinski definition) is 3. The quantitative estimate of drug-likeness (QED) is 0.539. The maximum atomic E-state index is 10.4. The van der Waals surface area contributed by atoms with Gasteiger partial charge < -0.3 is 9.84 Å². The fourth-order valence-corrected chi connectivity index (χ4v) is 2.41. The van der Waals surface area contributed by atoms with Crippen molar-refractivity contribution in [1.29, 1.82) is 0 Å². The van der Waals surface area contributed by atoms with Gasteiger partial charge >= 0.3 is 0 Å². The Morgan fingerprint density at radius 2 is 2.24 bits per heavy atom. The zero-order valence-corrected chi connectivity index (χ0v) is 13.5. The summed E-state index contributed by atoms with van der Waals surface area (Å²) < 4.78 is 7.82. The average molecular weight is 325 g/mol. The second-order valence-electron chi connectivity index (χ2n) is 4.73. The fraction of sp³-hybridized carbons (Fsp3) is 0.429. The van der Waals surface area contributed by atoms with Crippen molar-refractivity contribution in [1.82, 2.24) is 14.8 Å². The predicted octanol–water partition coefficient (Wildman–Crippen LogP) is 3.36. The number of para-hydroxylation sites is 1.